The summed E-state index contributed by atoms with van der Waals surface area (Å²) >= 11 is 0. The second-order valence-electron chi connectivity index (χ2n) is 5.58. The Labute approximate surface area is 123 Å². The smallest absolute Gasteiger partial charge is 0.0485 e. The summed E-state index contributed by atoms with van der Waals surface area (Å²) in [6, 6.07) is 17.9. The Bertz CT molecular complexity index is 528. The first kappa shape index (κ1) is 14.6. The molecule has 106 valence electrons. The van der Waals surface area contributed by atoms with E-state index in [0.29, 0.717) is 6.04 Å². The molecule has 0 aliphatic heterocycles. The standard InChI is InChI=1S/C19H25N/c1-4-5-8-17-10-12-19(13-11-17)20-16(3)18-9-6-7-15(2)14-18/h6-7,9-14,16,20H,4-5,8H2,1-3H3. The van der Waals surface area contributed by atoms with Gasteiger partial charge in [-0.2, -0.15) is 0 Å². The zero-order chi connectivity index (χ0) is 14.4. The molecule has 0 heterocycles. The van der Waals surface area contributed by atoms with Gasteiger partial charge in [0.15, 0.2) is 0 Å². The molecule has 0 aliphatic rings. The van der Waals surface area contributed by atoms with Crippen molar-refractivity contribution in [2.45, 2.75) is 46.1 Å². The lowest BCUT2D eigenvalue weighted by Gasteiger charge is -2.16. The van der Waals surface area contributed by atoms with Crippen molar-refractivity contribution in [3.05, 3.63) is 65.2 Å². The number of hydrogen-bond donors (Lipinski definition) is 1. The van der Waals surface area contributed by atoms with E-state index in [2.05, 4.69) is 74.6 Å². The zero-order valence-corrected chi connectivity index (χ0v) is 12.8. The first-order valence-electron chi connectivity index (χ1n) is 7.61. The van der Waals surface area contributed by atoms with E-state index >= 15 is 0 Å². The molecule has 0 saturated carbocycles. The fourth-order valence-corrected chi connectivity index (χ4v) is 2.42. The zero-order valence-electron chi connectivity index (χ0n) is 12.8. The monoisotopic (exact) mass is 267 g/mol. The molecule has 0 radical (unpaired) electrons. The Morgan fingerprint density at radius 1 is 1.05 bits per heavy atom. The van der Waals surface area contributed by atoms with Gasteiger partial charge in [0.1, 0.15) is 0 Å². The van der Waals surface area contributed by atoms with Crippen LogP contribution in [0, 0.1) is 6.92 Å². The lowest BCUT2D eigenvalue weighted by atomic mass is 10.0. The van der Waals surface area contributed by atoms with Gasteiger partial charge >= 0.3 is 0 Å². The van der Waals surface area contributed by atoms with Crippen LogP contribution in [0.2, 0.25) is 0 Å². The van der Waals surface area contributed by atoms with Gasteiger partial charge in [0.2, 0.25) is 0 Å². The van der Waals surface area contributed by atoms with Crippen LogP contribution in [-0.2, 0) is 6.42 Å². The van der Waals surface area contributed by atoms with E-state index < -0.39 is 0 Å². The number of anilines is 1. The molecule has 1 N–H and O–H groups in total. The van der Waals surface area contributed by atoms with Crippen LogP contribution in [0.4, 0.5) is 5.69 Å². The van der Waals surface area contributed by atoms with Gasteiger partial charge < -0.3 is 5.32 Å². The van der Waals surface area contributed by atoms with Crippen LogP contribution in [0.15, 0.2) is 48.5 Å². The SMILES string of the molecule is CCCCc1ccc(NC(C)c2cccc(C)c2)cc1. The van der Waals surface area contributed by atoms with E-state index in [-0.39, 0.29) is 0 Å². The van der Waals surface area contributed by atoms with Crippen molar-refractivity contribution in [3.8, 4) is 0 Å². The van der Waals surface area contributed by atoms with Gasteiger partial charge in [-0.15, -0.1) is 0 Å². The molecular weight excluding hydrogens is 242 g/mol. The summed E-state index contributed by atoms with van der Waals surface area (Å²) in [5.74, 6) is 0. The Kier molecular flexibility index (Phi) is 5.23. The molecule has 0 fully saturated rings. The summed E-state index contributed by atoms with van der Waals surface area (Å²) in [4.78, 5) is 0. The first-order valence-corrected chi connectivity index (χ1v) is 7.61. The quantitative estimate of drug-likeness (QED) is 0.727. The minimum atomic E-state index is 0.330. The molecule has 20 heavy (non-hydrogen) atoms. The molecule has 0 aliphatic carbocycles. The van der Waals surface area contributed by atoms with Crippen LogP contribution in [0.3, 0.4) is 0 Å². The normalized spacial score (nSPS) is 12.2. The molecule has 2 aromatic carbocycles. The molecule has 1 atom stereocenters. The van der Waals surface area contributed by atoms with Crippen molar-refractivity contribution < 1.29 is 0 Å². The highest BCUT2D eigenvalue weighted by Crippen LogP contribution is 2.20. The topological polar surface area (TPSA) is 12.0 Å². The molecular formula is C19H25N. The van der Waals surface area contributed by atoms with Crippen molar-refractivity contribution in [2.75, 3.05) is 5.32 Å². The third kappa shape index (κ3) is 4.12. The van der Waals surface area contributed by atoms with Crippen molar-refractivity contribution >= 4 is 5.69 Å². The fraction of sp³-hybridized carbons (Fsp3) is 0.368. The van der Waals surface area contributed by atoms with Gasteiger partial charge in [-0.05, 0) is 49.9 Å². The summed E-state index contributed by atoms with van der Waals surface area (Å²) < 4.78 is 0. The Balaban J connectivity index is 1.99. The predicted molar refractivity (Wildman–Crippen MR) is 88.3 cm³/mol. The Hall–Kier alpha value is -1.76. The molecule has 0 amide bonds. The van der Waals surface area contributed by atoms with E-state index in [1.165, 1.54) is 41.6 Å². The van der Waals surface area contributed by atoms with E-state index in [9.17, 15) is 0 Å². The molecule has 0 aromatic heterocycles. The lowest BCUT2D eigenvalue weighted by Crippen LogP contribution is -2.06. The van der Waals surface area contributed by atoms with Crippen molar-refractivity contribution in [1.82, 2.24) is 0 Å². The maximum Gasteiger partial charge on any atom is 0.0485 e. The molecule has 1 unspecified atom stereocenters. The molecule has 0 saturated heterocycles. The van der Waals surface area contributed by atoms with Crippen molar-refractivity contribution in [2.24, 2.45) is 0 Å². The predicted octanol–water partition coefficient (Wildman–Crippen LogP) is 5.51. The second-order valence-corrected chi connectivity index (χ2v) is 5.58. The largest absolute Gasteiger partial charge is 0.379 e. The minimum absolute atomic E-state index is 0.330. The number of aryl methyl sites for hydroxylation is 2. The van der Waals surface area contributed by atoms with E-state index in [4.69, 9.17) is 0 Å². The summed E-state index contributed by atoms with van der Waals surface area (Å²) in [6.07, 6.45) is 3.71. The van der Waals surface area contributed by atoms with Crippen molar-refractivity contribution in [1.29, 1.82) is 0 Å². The Morgan fingerprint density at radius 3 is 2.45 bits per heavy atom. The van der Waals surface area contributed by atoms with Gasteiger partial charge in [0, 0.05) is 11.7 Å². The highest BCUT2D eigenvalue weighted by Gasteiger charge is 2.05. The summed E-state index contributed by atoms with van der Waals surface area (Å²) in [5.41, 5.74) is 5.27. The molecule has 1 nitrogen and oxygen atoms in total. The maximum atomic E-state index is 3.57. The van der Waals surface area contributed by atoms with E-state index in [0.717, 1.165) is 0 Å². The van der Waals surface area contributed by atoms with Crippen LogP contribution in [0.25, 0.3) is 0 Å². The third-order valence-electron chi connectivity index (χ3n) is 3.70. The maximum absolute atomic E-state index is 3.57. The van der Waals surface area contributed by atoms with Crippen LogP contribution < -0.4 is 5.32 Å². The second kappa shape index (κ2) is 7.14. The highest BCUT2D eigenvalue weighted by atomic mass is 14.9. The summed E-state index contributed by atoms with van der Waals surface area (Å²) in [5, 5.41) is 3.57. The average Bonchev–Trinajstić information content (AvgIpc) is 2.46. The van der Waals surface area contributed by atoms with Gasteiger partial charge in [-0.3, -0.25) is 0 Å². The van der Waals surface area contributed by atoms with Gasteiger partial charge in [-0.1, -0.05) is 55.3 Å². The van der Waals surface area contributed by atoms with Crippen LogP contribution >= 0.6 is 0 Å². The number of rotatable bonds is 6. The first-order chi connectivity index (χ1) is 9.69. The molecule has 1 heteroatoms. The lowest BCUT2D eigenvalue weighted by molar-refractivity contribution is 0.795. The summed E-state index contributed by atoms with van der Waals surface area (Å²) in [7, 11) is 0. The fourth-order valence-electron chi connectivity index (χ4n) is 2.42. The number of nitrogens with one attached hydrogen (secondary N) is 1. The molecule has 0 spiro atoms. The van der Waals surface area contributed by atoms with Crippen LogP contribution in [0.1, 0.15) is 49.4 Å². The van der Waals surface area contributed by atoms with E-state index in [1.807, 2.05) is 0 Å². The van der Waals surface area contributed by atoms with Gasteiger partial charge in [-0.25, -0.2) is 0 Å². The average molecular weight is 267 g/mol. The minimum Gasteiger partial charge on any atom is -0.379 e. The highest BCUT2D eigenvalue weighted by molar-refractivity contribution is 5.47. The molecule has 0 bridgehead atoms. The molecule has 2 aromatic rings. The van der Waals surface area contributed by atoms with Crippen LogP contribution in [-0.4, -0.2) is 0 Å². The van der Waals surface area contributed by atoms with Gasteiger partial charge in [0.25, 0.3) is 0 Å². The van der Waals surface area contributed by atoms with Crippen molar-refractivity contribution in [3.63, 3.8) is 0 Å². The third-order valence-corrected chi connectivity index (χ3v) is 3.70. The summed E-state index contributed by atoms with van der Waals surface area (Å²) in [6.45, 7) is 6.58. The Morgan fingerprint density at radius 2 is 1.80 bits per heavy atom. The van der Waals surface area contributed by atoms with Crippen LogP contribution in [0.5, 0.6) is 0 Å². The van der Waals surface area contributed by atoms with Gasteiger partial charge in [0.05, 0.1) is 0 Å². The van der Waals surface area contributed by atoms with E-state index in [1.54, 1.807) is 0 Å². The number of hydrogen-bond acceptors (Lipinski definition) is 1. The number of unbranched alkanes of at least 4 members (excludes halogenated alkanes) is 1. The number of benzene rings is 2. The molecule has 2 rings (SSSR count).